The number of hydrogen-bond acceptors (Lipinski definition) is 3. The number of aromatic nitrogens is 2. The summed E-state index contributed by atoms with van der Waals surface area (Å²) < 4.78 is 13.1. The van der Waals surface area contributed by atoms with Crippen molar-refractivity contribution in [3.63, 3.8) is 0 Å². The number of benzene rings is 1. The molecule has 2 N–H and O–H groups in total. The van der Waals surface area contributed by atoms with Crippen molar-refractivity contribution in [2.45, 2.75) is 51.0 Å². The summed E-state index contributed by atoms with van der Waals surface area (Å²) in [6.07, 6.45) is 7.07. The molecule has 2 amide bonds. The van der Waals surface area contributed by atoms with Crippen LogP contribution in [0.5, 0.6) is 0 Å². The number of hydrogen-bond donors (Lipinski definition) is 2. The van der Waals surface area contributed by atoms with E-state index in [0.717, 1.165) is 44.1 Å². The van der Waals surface area contributed by atoms with Crippen LogP contribution in [-0.2, 0) is 4.79 Å². The third-order valence-electron chi connectivity index (χ3n) is 6.05. The lowest BCUT2D eigenvalue weighted by Crippen LogP contribution is -2.48. The Kier molecular flexibility index (Phi) is 5.92. The standard InChI is InChI=1S/C22H27FN4O2/c23-17-8-6-15(7-9-17)19-14-20(26-25-19)22(29)27-12-10-18(11-13-27)24-21(28)16-4-2-1-3-5-16/h6-9,14,16,18H,1-5,10-13H2,(H,24,28)(H,25,26). The lowest BCUT2D eigenvalue weighted by Gasteiger charge is -2.33. The highest BCUT2D eigenvalue weighted by Crippen LogP contribution is 2.24. The van der Waals surface area contributed by atoms with Gasteiger partial charge in [0.15, 0.2) is 0 Å². The lowest BCUT2D eigenvalue weighted by molar-refractivity contribution is -0.126. The Balaban J connectivity index is 1.30. The molecule has 0 unspecified atom stereocenters. The Bertz CT molecular complexity index is 850. The quantitative estimate of drug-likeness (QED) is 0.827. The van der Waals surface area contributed by atoms with Crippen molar-refractivity contribution in [1.29, 1.82) is 0 Å². The van der Waals surface area contributed by atoms with E-state index >= 15 is 0 Å². The van der Waals surface area contributed by atoms with Gasteiger partial charge in [0.2, 0.25) is 5.91 Å². The number of nitrogens with zero attached hydrogens (tertiary/aromatic N) is 2. The zero-order valence-corrected chi connectivity index (χ0v) is 16.5. The molecule has 2 aliphatic rings. The van der Waals surface area contributed by atoms with E-state index in [9.17, 15) is 14.0 Å². The summed E-state index contributed by atoms with van der Waals surface area (Å²) >= 11 is 0. The van der Waals surface area contributed by atoms with Crippen molar-refractivity contribution in [3.05, 3.63) is 41.8 Å². The Labute approximate surface area is 169 Å². The van der Waals surface area contributed by atoms with Crippen LogP contribution in [-0.4, -0.2) is 46.0 Å². The van der Waals surface area contributed by atoms with E-state index in [1.165, 1.54) is 18.6 Å². The van der Waals surface area contributed by atoms with Gasteiger partial charge in [0.1, 0.15) is 11.5 Å². The molecule has 1 aliphatic carbocycles. The molecule has 1 aromatic heterocycles. The van der Waals surface area contributed by atoms with Gasteiger partial charge in [-0.3, -0.25) is 14.7 Å². The predicted molar refractivity (Wildman–Crippen MR) is 108 cm³/mol. The molecule has 2 fully saturated rings. The highest BCUT2D eigenvalue weighted by atomic mass is 19.1. The number of nitrogens with one attached hydrogen (secondary N) is 2. The van der Waals surface area contributed by atoms with Crippen LogP contribution >= 0.6 is 0 Å². The van der Waals surface area contributed by atoms with E-state index in [4.69, 9.17) is 0 Å². The van der Waals surface area contributed by atoms with Crippen molar-refractivity contribution >= 4 is 11.8 Å². The molecule has 1 saturated carbocycles. The molecule has 1 aliphatic heterocycles. The molecule has 7 heteroatoms. The Hall–Kier alpha value is -2.70. The molecule has 2 heterocycles. The van der Waals surface area contributed by atoms with Gasteiger partial charge in [-0.1, -0.05) is 19.3 Å². The summed E-state index contributed by atoms with van der Waals surface area (Å²) in [7, 11) is 0. The Morgan fingerprint density at radius 2 is 1.72 bits per heavy atom. The zero-order chi connectivity index (χ0) is 20.2. The minimum absolute atomic E-state index is 0.0945. The molecular formula is C22H27FN4O2. The second-order valence-electron chi connectivity index (χ2n) is 8.08. The van der Waals surface area contributed by atoms with Crippen LogP contribution in [0.15, 0.2) is 30.3 Å². The van der Waals surface area contributed by atoms with Crippen LogP contribution in [0.1, 0.15) is 55.4 Å². The summed E-state index contributed by atoms with van der Waals surface area (Å²) in [4.78, 5) is 27.0. The summed E-state index contributed by atoms with van der Waals surface area (Å²) in [6.45, 7) is 1.22. The van der Waals surface area contributed by atoms with Crippen LogP contribution in [0.3, 0.4) is 0 Å². The number of rotatable bonds is 4. The van der Waals surface area contributed by atoms with Crippen molar-refractivity contribution < 1.29 is 14.0 Å². The monoisotopic (exact) mass is 398 g/mol. The van der Waals surface area contributed by atoms with Crippen LogP contribution in [0.25, 0.3) is 11.3 Å². The molecule has 0 bridgehead atoms. The number of piperidine rings is 1. The van der Waals surface area contributed by atoms with Crippen LogP contribution < -0.4 is 5.32 Å². The van der Waals surface area contributed by atoms with E-state index in [-0.39, 0.29) is 29.6 Å². The maximum Gasteiger partial charge on any atom is 0.271 e. The van der Waals surface area contributed by atoms with Gasteiger partial charge in [-0.25, -0.2) is 4.39 Å². The topological polar surface area (TPSA) is 78.1 Å². The molecule has 154 valence electrons. The molecule has 0 spiro atoms. The molecule has 4 rings (SSSR count). The third kappa shape index (κ3) is 4.66. The van der Waals surface area contributed by atoms with Crippen molar-refractivity contribution in [2.24, 2.45) is 5.92 Å². The molecule has 0 radical (unpaired) electrons. The van der Waals surface area contributed by atoms with Crippen molar-refractivity contribution in [1.82, 2.24) is 20.4 Å². The SMILES string of the molecule is O=C(NC1CCN(C(=O)c2cc(-c3ccc(F)cc3)n[nH]2)CC1)C1CCCCC1. The van der Waals surface area contributed by atoms with Crippen LogP contribution in [0, 0.1) is 11.7 Å². The Morgan fingerprint density at radius 1 is 1.03 bits per heavy atom. The number of amides is 2. The second kappa shape index (κ2) is 8.76. The average molecular weight is 398 g/mol. The minimum Gasteiger partial charge on any atom is -0.353 e. The summed E-state index contributed by atoms with van der Waals surface area (Å²) in [5.41, 5.74) is 1.79. The van der Waals surface area contributed by atoms with Gasteiger partial charge in [0.25, 0.3) is 5.91 Å². The number of carbonyl (C=O) groups excluding carboxylic acids is 2. The van der Waals surface area contributed by atoms with Gasteiger partial charge in [-0.15, -0.1) is 0 Å². The lowest BCUT2D eigenvalue weighted by atomic mass is 9.88. The first kappa shape index (κ1) is 19.6. The fourth-order valence-corrected chi connectivity index (χ4v) is 4.28. The highest BCUT2D eigenvalue weighted by molar-refractivity contribution is 5.93. The van der Waals surface area contributed by atoms with Gasteiger partial charge in [-0.05, 0) is 56.0 Å². The number of H-pyrrole nitrogens is 1. The fraction of sp³-hybridized carbons (Fsp3) is 0.500. The van der Waals surface area contributed by atoms with E-state index in [2.05, 4.69) is 15.5 Å². The van der Waals surface area contributed by atoms with E-state index in [1.807, 2.05) is 0 Å². The van der Waals surface area contributed by atoms with E-state index in [1.54, 1.807) is 23.1 Å². The molecular weight excluding hydrogens is 371 g/mol. The maximum absolute atomic E-state index is 13.1. The van der Waals surface area contributed by atoms with Gasteiger partial charge in [0, 0.05) is 30.6 Å². The van der Waals surface area contributed by atoms with Crippen molar-refractivity contribution in [2.75, 3.05) is 13.1 Å². The summed E-state index contributed by atoms with van der Waals surface area (Å²) in [5, 5.41) is 10.2. The smallest absolute Gasteiger partial charge is 0.271 e. The van der Waals surface area contributed by atoms with Gasteiger partial charge < -0.3 is 10.2 Å². The molecule has 1 aromatic carbocycles. The zero-order valence-electron chi connectivity index (χ0n) is 16.5. The van der Waals surface area contributed by atoms with E-state index < -0.39 is 0 Å². The number of carbonyl (C=O) groups is 2. The first-order valence-corrected chi connectivity index (χ1v) is 10.5. The molecule has 0 atom stereocenters. The normalized spacial score (nSPS) is 18.6. The first-order chi connectivity index (χ1) is 14.1. The van der Waals surface area contributed by atoms with Crippen LogP contribution in [0.2, 0.25) is 0 Å². The fourth-order valence-electron chi connectivity index (χ4n) is 4.28. The molecule has 2 aromatic rings. The summed E-state index contributed by atoms with van der Waals surface area (Å²) in [5.74, 6) is -0.0489. The summed E-state index contributed by atoms with van der Waals surface area (Å²) in [6, 6.07) is 7.87. The second-order valence-corrected chi connectivity index (χ2v) is 8.08. The van der Waals surface area contributed by atoms with Gasteiger partial charge >= 0.3 is 0 Å². The van der Waals surface area contributed by atoms with E-state index in [0.29, 0.717) is 24.5 Å². The van der Waals surface area contributed by atoms with Crippen molar-refractivity contribution in [3.8, 4) is 11.3 Å². The van der Waals surface area contributed by atoms with Gasteiger partial charge in [-0.2, -0.15) is 5.10 Å². The maximum atomic E-state index is 13.1. The average Bonchev–Trinajstić information content (AvgIpc) is 3.25. The number of likely N-dealkylation sites (tertiary alicyclic amines) is 1. The molecule has 29 heavy (non-hydrogen) atoms. The minimum atomic E-state index is -0.306. The largest absolute Gasteiger partial charge is 0.353 e. The highest BCUT2D eigenvalue weighted by Gasteiger charge is 2.28. The Morgan fingerprint density at radius 3 is 2.41 bits per heavy atom. The number of aromatic amines is 1. The van der Waals surface area contributed by atoms with Crippen LogP contribution in [0.4, 0.5) is 4.39 Å². The molecule has 1 saturated heterocycles. The molecule has 6 nitrogen and oxygen atoms in total. The van der Waals surface area contributed by atoms with Gasteiger partial charge in [0.05, 0.1) is 5.69 Å². The first-order valence-electron chi connectivity index (χ1n) is 10.5. The predicted octanol–water partition coefficient (Wildman–Crippen LogP) is 3.52. The third-order valence-corrected chi connectivity index (χ3v) is 6.05. The number of halogens is 1.